The van der Waals surface area contributed by atoms with Gasteiger partial charge in [-0.1, -0.05) is 49.0 Å². The Morgan fingerprint density at radius 1 is 1.06 bits per heavy atom. The number of hydrogen-bond donors (Lipinski definition) is 3. The SMILES string of the molecule is C=C(C)C(=O)OCCCOc1cccc(C2NC(=O)C3C(c4ccccc4)NC(O)C23)c1. The van der Waals surface area contributed by atoms with Gasteiger partial charge in [-0.2, -0.15) is 0 Å². The van der Waals surface area contributed by atoms with Crippen LogP contribution in [-0.2, 0) is 14.3 Å². The van der Waals surface area contributed by atoms with Crippen molar-refractivity contribution < 1.29 is 24.2 Å². The van der Waals surface area contributed by atoms with Gasteiger partial charge in [-0.15, -0.1) is 0 Å². The van der Waals surface area contributed by atoms with E-state index in [9.17, 15) is 14.7 Å². The first kappa shape index (κ1) is 22.0. The number of benzene rings is 2. The van der Waals surface area contributed by atoms with Crippen LogP contribution in [0.1, 0.15) is 36.6 Å². The van der Waals surface area contributed by atoms with Gasteiger partial charge in [0.1, 0.15) is 12.0 Å². The van der Waals surface area contributed by atoms with Crippen LogP contribution in [0.4, 0.5) is 0 Å². The van der Waals surface area contributed by atoms with Crippen molar-refractivity contribution in [1.29, 1.82) is 0 Å². The monoisotopic (exact) mass is 436 g/mol. The molecule has 168 valence electrons. The Hall–Kier alpha value is -3.16. The summed E-state index contributed by atoms with van der Waals surface area (Å²) in [5.74, 6) is -0.458. The van der Waals surface area contributed by atoms with E-state index in [4.69, 9.17) is 9.47 Å². The molecule has 7 heteroatoms. The molecule has 2 aromatic carbocycles. The molecule has 4 rings (SSSR count). The minimum atomic E-state index is -0.804. The summed E-state index contributed by atoms with van der Waals surface area (Å²) in [6.45, 7) is 5.79. The van der Waals surface area contributed by atoms with E-state index in [0.29, 0.717) is 24.4 Å². The van der Waals surface area contributed by atoms with Gasteiger partial charge in [0.25, 0.3) is 0 Å². The summed E-state index contributed by atoms with van der Waals surface area (Å²) in [5, 5.41) is 17.0. The van der Waals surface area contributed by atoms with Crippen LogP contribution in [-0.4, -0.2) is 36.4 Å². The Bertz CT molecular complexity index is 993. The van der Waals surface area contributed by atoms with Gasteiger partial charge in [0.2, 0.25) is 5.91 Å². The molecule has 0 bridgehead atoms. The van der Waals surface area contributed by atoms with Crippen LogP contribution in [0.3, 0.4) is 0 Å². The van der Waals surface area contributed by atoms with Crippen LogP contribution in [0.15, 0.2) is 66.7 Å². The van der Waals surface area contributed by atoms with E-state index >= 15 is 0 Å². The van der Waals surface area contributed by atoms with Crippen LogP contribution in [0.5, 0.6) is 5.75 Å². The van der Waals surface area contributed by atoms with Crippen molar-refractivity contribution in [1.82, 2.24) is 10.6 Å². The number of amides is 1. The lowest BCUT2D eigenvalue weighted by Gasteiger charge is -2.21. The third-order valence-electron chi connectivity index (χ3n) is 5.99. The number of ether oxygens (including phenoxy) is 2. The maximum absolute atomic E-state index is 12.9. The Morgan fingerprint density at radius 2 is 1.81 bits per heavy atom. The summed E-state index contributed by atoms with van der Waals surface area (Å²) in [7, 11) is 0. The predicted octanol–water partition coefficient (Wildman–Crippen LogP) is 2.64. The summed E-state index contributed by atoms with van der Waals surface area (Å²) < 4.78 is 10.9. The standard InChI is InChI=1S/C25H28N2O5/c1-15(2)25(30)32-13-7-12-31-18-11-6-10-17(14-18)22-20-19(23(28)27-22)21(26-24(20)29)16-8-4-3-5-9-16/h3-6,8-11,14,19-22,24,26,29H,1,7,12-13H2,2H3,(H,27,28). The molecular formula is C25H28N2O5. The third-order valence-corrected chi connectivity index (χ3v) is 5.99. The van der Waals surface area contributed by atoms with Crippen molar-refractivity contribution in [3.05, 3.63) is 77.9 Å². The number of carbonyl (C=O) groups excluding carboxylic acids is 2. The first-order chi connectivity index (χ1) is 15.5. The van der Waals surface area contributed by atoms with E-state index in [-0.39, 0.29) is 36.4 Å². The zero-order chi connectivity index (χ0) is 22.7. The van der Waals surface area contributed by atoms with E-state index in [1.54, 1.807) is 6.92 Å². The average molecular weight is 437 g/mol. The molecule has 0 radical (unpaired) electrons. The highest BCUT2D eigenvalue weighted by Crippen LogP contribution is 2.47. The molecule has 0 spiro atoms. The fourth-order valence-electron chi connectivity index (χ4n) is 4.48. The highest BCUT2D eigenvalue weighted by atomic mass is 16.5. The summed E-state index contributed by atoms with van der Waals surface area (Å²) in [5.41, 5.74) is 2.24. The molecule has 3 N–H and O–H groups in total. The molecule has 2 aliphatic heterocycles. The molecule has 2 saturated heterocycles. The molecule has 0 aromatic heterocycles. The van der Waals surface area contributed by atoms with Gasteiger partial charge >= 0.3 is 5.97 Å². The molecule has 32 heavy (non-hydrogen) atoms. The quantitative estimate of drug-likeness (QED) is 0.334. The van der Waals surface area contributed by atoms with Gasteiger partial charge in [0, 0.05) is 24.0 Å². The smallest absolute Gasteiger partial charge is 0.333 e. The Morgan fingerprint density at radius 3 is 2.56 bits per heavy atom. The Kier molecular flexibility index (Phi) is 6.58. The number of aliphatic hydroxyl groups excluding tert-OH is 1. The average Bonchev–Trinajstić information content (AvgIpc) is 3.32. The Balaban J connectivity index is 1.41. The van der Waals surface area contributed by atoms with Gasteiger partial charge < -0.3 is 19.9 Å². The van der Waals surface area contributed by atoms with Gasteiger partial charge in [-0.3, -0.25) is 10.1 Å². The summed E-state index contributed by atoms with van der Waals surface area (Å²) in [6.07, 6.45) is -0.253. The largest absolute Gasteiger partial charge is 0.493 e. The summed E-state index contributed by atoms with van der Waals surface area (Å²) in [6, 6.07) is 16.7. The van der Waals surface area contributed by atoms with Crippen molar-refractivity contribution in [3.63, 3.8) is 0 Å². The minimum Gasteiger partial charge on any atom is -0.493 e. The van der Waals surface area contributed by atoms with Gasteiger partial charge in [-0.25, -0.2) is 4.79 Å². The highest BCUT2D eigenvalue weighted by Gasteiger charge is 2.55. The summed E-state index contributed by atoms with van der Waals surface area (Å²) in [4.78, 5) is 24.3. The minimum absolute atomic E-state index is 0.0662. The molecular weight excluding hydrogens is 408 g/mol. The van der Waals surface area contributed by atoms with Crippen LogP contribution in [0.25, 0.3) is 0 Å². The fraction of sp³-hybridized carbons (Fsp3) is 0.360. The maximum Gasteiger partial charge on any atom is 0.333 e. The molecule has 7 nitrogen and oxygen atoms in total. The lowest BCUT2D eigenvalue weighted by molar-refractivity contribution is -0.139. The first-order valence-electron chi connectivity index (χ1n) is 10.8. The van der Waals surface area contributed by atoms with Crippen LogP contribution in [0.2, 0.25) is 0 Å². The number of carbonyl (C=O) groups is 2. The zero-order valence-corrected chi connectivity index (χ0v) is 18.0. The number of hydrogen-bond acceptors (Lipinski definition) is 6. The number of nitrogens with one attached hydrogen (secondary N) is 2. The highest BCUT2D eigenvalue weighted by molar-refractivity contribution is 5.86. The molecule has 2 aliphatic rings. The fourth-order valence-corrected chi connectivity index (χ4v) is 4.48. The lowest BCUT2D eigenvalue weighted by Crippen LogP contribution is -2.34. The molecule has 5 unspecified atom stereocenters. The molecule has 0 saturated carbocycles. The second-order valence-corrected chi connectivity index (χ2v) is 8.28. The topological polar surface area (TPSA) is 96.9 Å². The van der Waals surface area contributed by atoms with Crippen molar-refractivity contribution in [2.45, 2.75) is 31.7 Å². The molecule has 2 fully saturated rings. The Labute approximate surface area is 187 Å². The molecule has 0 aliphatic carbocycles. The normalized spacial score (nSPS) is 26.3. The summed E-state index contributed by atoms with van der Waals surface area (Å²) >= 11 is 0. The third kappa shape index (κ3) is 4.54. The molecule has 5 atom stereocenters. The zero-order valence-electron chi connectivity index (χ0n) is 18.0. The van der Waals surface area contributed by atoms with E-state index < -0.39 is 12.2 Å². The van der Waals surface area contributed by atoms with Crippen LogP contribution < -0.4 is 15.4 Å². The predicted molar refractivity (Wildman–Crippen MR) is 119 cm³/mol. The van der Waals surface area contributed by atoms with Crippen molar-refractivity contribution in [2.24, 2.45) is 11.8 Å². The van der Waals surface area contributed by atoms with Crippen molar-refractivity contribution in [2.75, 3.05) is 13.2 Å². The number of aliphatic hydroxyl groups is 1. The number of esters is 1. The van der Waals surface area contributed by atoms with Crippen molar-refractivity contribution in [3.8, 4) is 5.75 Å². The first-order valence-corrected chi connectivity index (χ1v) is 10.8. The lowest BCUT2D eigenvalue weighted by atomic mass is 9.83. The second-order valence-electron chi connectivity index (χ2n) is 8.28. The molecule has 2 heterocycles. The van der Waals surface area contributed by atoms with Gasteiger partial charge in [-0.05, 0) is 30.2 Å². The van der Waals surface area contributed by atoms with Gasteiger partial charge in [0.05, 0.1) is 25.2 Å². The van der Waals surface area contributed by atoms with E-state index in [2.05, 4.69) is 17.2 Å². The van der Waals surface area contributed by atoms with E-state index in [0.717, 1.165) is 11.1 Å². The van der Waals surface area contributed by atoms with Crippen LogP contribution in [0, 0.1) is 11.8 Å². The maximum atomic E-state index is 12.9. The van der Waals surface area contributed by atoms with E-state index in [1.807, 2.05) is 54.6 Å². The van der Waals surface area contributed by atoms with Crippen LogP contribution >= 0.6 is 0 Å². The second kappa shape index (κ2) is 9.54. The number of rotatable bonds is 8. The number of fused-ring (bicyclic) bond motifs is 1. The molecule has 2 aromatic rings. The molecule has 1 amide bonds. The van der Waals surface area contributed by atoms with E-state index in [1.165, 1.54) is 0 Å². The van der Waals surface area contributed by atoms with Gasteiger partial charge in [0.15, 0.2) is 0 Å². The van der Waals surface area contributed by atoms with Crippen molar-refractivity contribution >= 4 is 11.9 Å².